The zero-order valence-corrected chi connectivity index (χ0v) is 28.5. The van der Waals surface area contributed by atoms with Gasteiger partial charge in [0.15, 0.2) is 0 Å². The first-order valence-electron chi connectivity index (χ1n) is 17.3. The van der Waals surface area contributed by atoms with Crippen LogP contribution in [-0.2, 0) is 0 Å². The van der Waals surface area contributed by atoms with Gasteiger partial charge in [-0.3, -0.25) is 0 Å². The molecule has 0 unspecified atom stereocenters. The van der Waals surface area contributed by atoms with Gasteiger partial charge in [-0.05, 0) is 76.3 Å². The van der Waals surface area contributed by atoms with Crippen LogP contribution in [0.4, 0.5) is 17.1 Å². The number of hydrogen-bond acceptors (Lipinski definition) is 3. The van der Waals surface area contributed by atoms with Gasteiger partial charge >= 0.3 is 0 Å². The number of nitrogens with zero attached hydrogens (tertiary/aromatic N) is 1. The van der Waals surface area contributed by atoms with Gasteiger partial charge in [-0.2, -0.15) is 0 Å². The molecule has 10 aromatic rings. The lowest BCUT2D eigenvalue weighted by atomic mass is 9.99. The number of rotatable bonds is 6. The maximum atomic E-state index is 6.25. The molecule has 0 aliphatic heterocycles. The quantitative estimate of drug-likeness (QED) is 0.175. The van der Waals surface area contributed by atoms with Crippen LogP contribution in [-0.4, -0.2) is 0 Å². The van der Waals surface area contributed by atoms with Crippen LogP contribution in [0.2, 0.25) is 0 Å². The van der Waals surface area contributed by atoms with E-state index in [4.69, 9.17) is 4.42 Å². The molecule has 2 aromatic heterocycles. The van der Waals surface area contributed by atoms with Gasteiger partial charge in [0, 0.05) is 47.9 Å². The Morgan fingerprint density at radius 1 is 0.353 bits per heavy atom. The molecule has 0 amide bonds. The average Bonchev–Trinajstić information content (AvgIpc) is 3.78. The van der Waals surface area contributed by atoms with E-state index >= 15 is 0 Å². The van der Waals surface area contributed by atoms with Gasteiger partial charge in [0.05, 0.1) is 5.69 Å². The van der Waals surface area contributed by atoms with Crippen LogP contribution in [0.15, 0.2) is 192 Å². The number of thiophene rings is 1. The van der Waals surface area contributed by atoms with E-state index in [-0.39, 0.29) is 0 Å². The summed E-state index contributed by atoms with van der Waals surface area (Å²) in [6.45, 7) is 0. The lowest BCUT2D eigenvalue weighted by molar-refractivity contribution is 0.669. The fourth-order valence-electron chi connectivity index (χ4n) is 7.47. The van der Waals surface area contributed by atoms with Crippen LogP contribution in [0.5, 0.6) is 0 Å². The largest absolute Gasteiger partial charge is 0.456 e. The van der Waals surface area contributed by atoms with Crippen molar-refractivity contribution in [2.24, 2.45) is 0 Å². The predicted octanol–water partition coefficient (Wildman–Crippen LogP) is 14.4. The topological polar surface area (TPSA) is 16.4 Å². The second-order valence-electron chi connectivity index (χ2n) is 12.9. The first-order valence-corrected chi connectivity index (χ1v) is 18.1. The summed E-state index contributed by atoms with van der Waals surface area (Å²) in [7, 11) is 0. The molecule has 0 saturated heterocycles. The van der Waals surface area contributed by atoms with Gasteiger partial charge in [-0.15, -0.1) is 11.3 Å². The van der Waals surface area contributed by atoms with E-state index in [0.29, 0.717) is 0 Å². The molecule has 3 heteroatoms. The maximum absolute atomic E-state index is 6.25. The number of para-hydroxylation sites is 2. The van der Waals surface area contributed by atoms with Crippen molar-refractivity contribution in [2.75, 3.05) is 4.90 Å². The van der Waals surface area contributed by atoms with Crippen LogP contribution in [0.25, 0.3) is 75.5 Å². The van der Waals surface area contributed by atoms with Gasteiger partial charge < -0.3 is 9.32 Å². The van der Waals surface area contributed by atoms with Gasteiger partial charge in [-0.25, -0.2) is 0 Å². The third-order valence-corrected chi connectivity index (χ3v) is 11.2. The Morgan fingerprint density at radius 3 is 1.67 bits per heavy atom. The fourth-order valence-corrected chi connectivity index (χ4v) is 8.86. The highest BCUT2D eigenvalue weighted by molar-refractivity contribution is 7.27. The highest BCUT2D eigenvalue weighted by Crippen LogP contribution is 2.46. The molecule has 51 heavy (non-hydrogen) atoms. The zero-order chi connectivity index (χ0) is 33.7. The molecule has 8 aromatic carbocycles. The minimum atomic E-state index is 0.932. The lowest BCUT2D eigenvalue weighted by Gasteiger charge is -2.28. The summed E-state index contributed by atoms with van der Waals surface area (Å²) >= 11 is 1.86. The first kappa shape index (κ1) is 29.5. The van der Waals surface area contributed by atoms with Crippen LogP contribution in [0.3, 0.4) is 0 Å². The Labute approximate surface area is 300 Å². The molecule has 2 heterocycles. The van der Waals surface area contributed by atoms with E-state index in [1.54, 1.807) is 0 Å². The van der Waals surface area contributed by atoms with Crippen molar-refractivity contribution >= 4 is 70.5 Å². The van der Waals surface area contributed by atoms with Crippen LogP contribution >= 0.6 is 11.3 Å². The maximum Gasteiger partial charge on any atom is 0.136 e. The molecule has 0 spiro atoms. The van der Waals surface area contributed by atoms with Crippen molar-refractivity contribution in [3.8, 4) is 33.4 Å². The number of fused-ring (bicyclic) bond motifs is 7. The van der Waals surface area contributed by atoms with Crippen molar-refractivity contribution < 1.29 is 4.42 Å². The zero-order valence-electron chi connectivity index (χ0n) is 27.7. The van der Waals surface area contributed by atoms with Crippen molar-refractivity contribution in [2.45, 2.75) is 0 Å². The minimum Gasteiger partial charge on any atom is -0.456 e. The monoisotopic (exact) mass is 669 g/mol. The number of anilines is 3. The molecular formula is C48H31NOS. The minimum absolute atomic E-state index is 0.932. The SMILES string of the molecule is c1ccc(-c2ccc(N(c3ccc(-c4cccc5c4sc4c5ccc5oc6ccccc6c54)cc3)c3ccccc3-c3ccccc3)cc2)cc1. The van der Waals surface area contributed by atoms with Crippen LogP contribution in [0, 0.1) is 0 Å². The summed E-state index contributed by atoms with van der Waals surface area (Å²) in [5.41, 5.74) is 12.4. The summed E-state index contributed by atoms with van der Waals surface area (Å²) in [6.07, 6.45) is 0. The fraction of sp³-hybridized carbons (Fsp3) is 0. The molecule has 0 saturated carbocycles. The molecule has 0 aliphatic carbocycles. The normalized spacial score (nSPS) is 11.5. The highest BCUT2D eigenvalue weighted by atomic mass is 32.1. The van der Waals surface area contributed by atoms with E-state index in [9.17, 15) is 0 Å². The summed E-state index contributed by atoms with van der Waals surface area (Å²) in [5, 5.41) is 4.93. The van der Waals surface area contributed by atoms with E-state index < -0.39 is 0 Å². The first-order chi connectivity index (χ1) is 25.3. The number of benzene rings is 8. The van der Waals surface area contributed by atoms with Crippen molar-refractivity contribution in [1.29, 1.82) is 0 Å². The van der Waals surface area contributed by atoms with E-state index in [0.717, 1.165) is 28.2 Å². The van der Waals surface area contributed by atoms with Gasteiger partial charge in [0.1, 0.15) is 11.2 Å². The molecule has 2 nitrogen and oxygen atoms in total. The molecule has 0 radical (unpaired) electrons. The smallest absolute Gasteiger partial charge is 0.136 e. The molecule has 0 aliphatic rings. The molecule has 0 N–H and O–H groups in total. The standard InChI is InChI=1S/C48H31NOS/c1-3-12-32(13-4-1)33-22-26-36(27-23-33)49(43-20-9-7-16-38(43)34-14-5-2-6-15-34)37-28-24-35(25-29-37)39-18-11-19-40-41-30-31-45-46(48(41)51-47(39)40)42-17-8-10-21-44(42)50-45/h1-31H. The van der Waals surface area contributed by atoms with E-state index in [1.807, 2.05) is 17.4 Å². The Kier molecular flexibility index (Phi) is 7.04. The lowest BCUT2D eigenvalue weighted by Crippen LogP contribution is -2.11. The van der Waals surface area contributed by atoms with Crippen LogP contribution < -0.4 is 4.90 Å². The molecule has 10 rings (SSSR count). The third-order valence-electron chi connectivity index (χ3n) is 9.90. The van der Waals surface area contributed by atoms with E-state index in [2.05, 4.69) is 187 Å². The van der Waals surface area contributed by atoms with Crippen molar-refractivity contribution in [3.63, 3.8) is 0 Å². The summed E-state index contributed by atoms with van der Waals surface area (Å²) in [5.74, 6) is 0. The summed E-state index contributed by atoms with van der Waals surface area (Å²) in [4.78, 5) is 2.38. The Morgan fingerprint density at radius 2 is 0.902 bits per heavy atom. The second kappa shape index (κ2) is 12.2. The second-order valence-corrected chi connectivity index (χ2v) is 13.9. The molecule has 0 atom stereocenters. The van der Waals surface area contributed by atoms with E-state index in [1.165, 1.54) is 64.3 Å². The average molecular weight is 670 g/mol. The number of hydrogen-bond donors (Lipinski definition) is 0. The summed E-state index contributed by atoms with van der Waals surface area (Å²) in [6, 6.07) is 67.3. The molecule has 0 bridgehead atoms. The Hall–Kier alpha value is -6.42. The Balaban J connectivity index is 1.10. The van der Waals surface area contributed by atoms with Gasteiger partial charge in [0.2, 0.25) is 0 Å². The Bertz CT molecular complexity index is 2830. The molecule has 0 fully saturated rings. The highest BCUT2D eigenvalue weighted by Gasteiger charge is 2.19. The molecule has 240 valence electrons. The third kappa shape index (κ3) is 5.01. The van der Waals surface area contributed by atoms with Crippen molar-refractivity contribution in [1.82, 2.24) is 0 Å². The van der Waals surface area contributed by atoms with Gasteiger partial charge in [-0.1, -0.05) is 140 Å². The number of furan rings is 1. The predicted molar refractivity (Wildman–Crippen MR) is 218 cm³/mol. The van der Waals surface area contributed by atoms with Gasteiger partial charge in [0.25, 0.3) is 0 Å². The van der Waals surface area contributed by atoms with Crippen molar-refractivity contribution in [3.05, 3.63) is 188 Å². The molecular weight excluding hydrogens is 639 g/mol. The van der Waals surface area contributed by atoms with Crippen LogP contribution in [0.1, 0.15) is 0 Å². The summed E-state index contributed by atoms with van der Waals surface area (Å²) < 4.78 is 8.82.